The Kier molecular flexibility index (Phi) is 2.68. The van der Waals surface area contributed by atoms with Gasteiger partial charge in [-0.3, -0.25) is 5.10 Å². The first-order chi connectivity index (χ1) is 7.25. The number of benzene rings is 1. The summed E-state index contributed by atoms with van der Waals surface area (Å²) in [7, 11) is 0. The zero-order valence-corrected chi connectivity index (χ0v) is 8.41. The van der Waals surface area contributed by atoms with E-state index in [9.17, 15) is 4.39 Å². The Hall–Kier alpha value is -1.82. The Morgan fingerprint density at radius 3 is 3.07 bits per heavy atom. The molecule has 0 atom stereocenters. The largest absolute Gasteiger partial charge is 0.250 e. The molecule has 0 fully saturated rings. The van der Waals surface area contributed by atoms with Gasteiger partial charge in [-0.1, -0.05) is 12.1 Å². The molecule has 1 aromatic heterocycles. The molecular weight excluding hydrogens is 215 g/mol. The van der Waals surface area contributed by atoms with E-state index < -0.39 is 0 Å². The average Bonchev–Trinajstić information content (AvgIpc) is 2.61. The topological polar surface area (TPSA) is 46.0 Å². The van der Waals surface area contributed by atoms with Gasteiger partial charge in [0.05, 0.1) is 6.21 Å². The minimum Gasteiger partial charge on any atom is -0.250 e. The average molecular weight is 222 g/mol. The summed E-state index contributed by atoms with van der Waals surface area (Å²) in [6.07, 6.45) is 2.95. The summed E-state index contributed by atoms with van der Waals surface area (Å²) in [5, 5.41) is 10.3. The molecule has 0 amide bonds. The van der Waals surface area contributed by atoms with Crippen molar-refractivity contribution in [1.82, 2.24) is 14.9 Å². The van der Waals surface area contributed by atoms with Crippen LogP contribution >= 0.6 is 12.2 Å². The summed E-state index contributed by atoms with van der Waals surface area (Å²) >= 11 is 4.88. The van der Waals surface area contributed by atoms with E-state index in [2.05, 4.69) is 15.3 Å². The minimum absolute atomic E-state index is 0.297. The second-order valence-electron chi connectivity index (χ2n) is 2.81. The van der Waals surface area contributed by atoms with Crippen molar-refractivity contribution in [1.29, 1.82) is 0 Å². The maximum absolute atomic E-state index is 12.8. The fraction of sp³-hybridized carbons (Fsp3) is 0. The first-order valence-electron chi connectivity index (χ1n) is 4.17. The van der Waals surface area contributed by atoms with Crippen LogP contribution in [0.2, 0.25) is 0 Å². The van der Waals surface area contributed by atoms with Crippen molar-refractivity contribution in [3.8, 4) is 0 Å². The molecular formula is C9H7FN4S. The highest BCUT2D eigenvalue weighted by Crippen LogP contribution is 2.00. The lowest BCUT2D eigenvalue weighted by Crippen LogP contribution is -1.89. The van der Waals surface area contributed by atoms with Crippen molar-refractivity contribution in [3.05, 3.63) is 46.7 Å². The van der Waals surface area contributed by atoms with E-state index in [4.69, 9.17) is 12.2 Å². The smallest absolute Gasteiger partial charge is 0.216 e. The number of aromatic amines is 1. The molecule has 0 aliphatic rings. The molecule has 15 heavy (non-hydrogen) atoms. The third-order valence-corrected chi connectivity index (χ3v) is 1.99. The molecule has 1 N–H and O–H groups in total. The van der Waals surface area contributed by atoms with E-state index in [0.29, 0.717) is 10.3 Å². The predicted molar refractivity (Wildman–Crippen MR) is 56.8 cm³/mol. The van der Waals surface area contributed by atoms with Crippen LogP contribution in [0.25, 0.3) is 0 Å². The highest BCUT2D eigenvalue weighted by Gasteiger charge is 1.92. The second kappa shape index (κ2) is 4.14. The van der Waals surface area contributed by atoms with Crippen LogP contribution in [0, 0.1) is 10.6 Å². The van der Waals surface area contributed by atoms with Gasteiger partial charge in [0.2, 0.25) is 4.77 Å². The molecule has 0 bridgehead atoms. The molecule has 6 heteroatoms. The number of hydrogen-bond donors (Lipinski definition) is 1. The lowest BCUT2D eigenvalue weighted by molar-refractivity contribution is 0.627. The summed E-state index contributed by atoms with van der Waals surface area (Å²) in [6, 6.07) is 6.12. The Balaban J connectivity index is 2.26. The zero-order valence-electron chi connectivity index (χ0n) is 7.59. The first kappa shape index (κ1) is 9.72. The van der Waals surface area contributed by atoms with Crippen LogP contribution in [0.15, 0.2) is 35.7 Å². The lowest BCUT2D eigenvalue weighted by Gasteiger charge is -1.92. The fourth-order valence-electron chi connectivity index (χ4n) is 1.04. The van der Waals surface area contributed by atoms with Crippen LogP contribution in [0.4, 0.5) is 4.39 Å². The van der Waals surface area contributed by atoms with E-state index in [0.717, 1.165) is 0 Å². The Morgan fingerprint density at radius 1 is 1.53 bits per heavy atom. The molecule has 4 nitrogen and oxygen atoms in total. The molecule has 0 unspecified atom stereocenters. The quantitative estimate of drug-likeness (QED) is 0.623. The number of H-pyrrole nitrogens is 1. The molecule has 0 aliphatic heterocycles. The number of halogens is 1. The molecule has 0 aliphatic carbocycles. The van der Waals surface area contributed by atoms with Crippen LogP contribution in [-0.2, 0) is 0 Å². The predicted octanol–water partition coefficient (Wildman–Crippen LogP) is 1.96. The number of rotatable bonds is 2. The van der Waals surface area contributed by atoms with Crippen molar-refractivity contribution < 1.29 is 4.39 Å². The fourth-order valence-corrected chi connectivity index (χ4v) is 1.19. The molecule has 0 saturated heterocycles. The van der Waals surface area contributed by atoms with Gasteiger partial charge in [0.25, 0.3) is 0 Å². The van der Waals surface area contributed by atoms with Crippen molar-refractivity contribution >= 4 is 18.4 Å². The van der Waals surface area contributed by atoms with Crippen molar-refractivity contribution in [2.45, 2.75) is 0 Å². The summed E-state index contributed by atoms with van der Waals surface area (Å²) in [5.74, 6) is -0.297. The SMILES string of the molecule is Fc1cccc(/C=N\n2cn[nH]c2=S)c1. The van der Waals surface area contributed by atoms with Gasteiger partial charge < -0.3 is 0 Å². The minimum atomic E-state index is -0.297. The van der Waals surface area contributed by atoms with Crippen LogP contribution in [0.5, 0.6) is 0 Å². The molecule has 0 radical (unpaired) electrons. The van der Waals surface area contributed by atoms with Gasteiger partial charge in [-0.15, -0.1) is 0 Å². The third-order valence-electron chi connectivity index (χ3n) is 1.72. The maximum Gasteiger partial charge on any atom is 0.216 e. The number of nitrogens with zero attached hydrogens (tertiary/aromatic N) is 3. The lowest BCUT2D eigenvalue weighted by atomic mass is 10.2. The van der Waals surface area contributed by atoms with E-state index in [1.54, 1.807) is 12.1 Å². The van der Waals surface area contributed by atoms with Gasteiger partial charge >= 0.3 is 0 Å². The Morgan fingerprint density at radius 2 is 2.40 bits per heavy atom. The van der Waals surface area contributed by atoms with E-state index >= 15 is 0 Å². The molecule has 2 rings (SSSR count). The summed E-state index contributed by atoms with van der Waals surface area (Å²) < 4.78 is 14.6. The van der Waals surface area contributed by atoms with Gasteiger partial charge in [0.15, 0.2) is 0 Å². The van der Waals surface area contributed by atoms with Crippen molar-refractivity contribution in [3.63, 3.8) is 0 Å². The molecule has 0 spiro atoms. The van der Waals surface area contributed by atoms with E-state index in [-0.39, 0.29) is 5.82 Å². The number of nitrogens with one attached hydrogen (secondary N) is 1. The third kappa shape index (κ3) is 2.35. The van der Waals surface area contributed by atoms with Crippen LogP contribution in [-0.4, -0.2) is 21.1 Å². The number of hydrogen-bond acceptors (Lipinski definition) is 3. The van der Waals surface area contributed by atoms with Gasteiger partial charge in [-0.25, -0.2) is 4.39 Å². The van der Waals surface area contributed by atoms with Gasteiger partial charge in [-0.2, -0.15) is 14.9 Å². The molecule has 2 aromatic rings. The Bertz CT molecular complexity index is 543. The highest BCUT2D eigenvalue weighted by atomic mass is 32.1. The Labute approximate surface area is 90.1 Å². The first-order valence-corrected chi connectivity index (χ1v) is 4.58. The summed E-state index contributed by atoms with van der Waals surface area (Å²) in [4.78, 5) is 0. The normalized spacial score (nSPS) is 11.0. The van der Waals surface area contributed by atoms with Crippen molar-refractivity contribution in [2.75, 3.05) is 0 Å². The van der Waals surface area contributed by atoms with Gasteiger partial charge in [0, 0.05) is 0 Å². The molecule has 1 heterocycles. The summed E-state index contributed by atoms with van der Waals surface area (Å²) in [6.45, 7) is 0. The van der Waals surface area contributed by atoms with Crippen LogP contribution < -0.4 is 0 Å². The molecule has 76 valence electrons. The monoisotopic (exact) mass is 222 g/mol. The highest BCUT2D eigenvalue weighted by molar-refractivity contribution is 7.71. The second-order valence-corrected chi connectivity index (χ2v) is 3.19. The summed E-state index contributed by atoms with van der Waals surface area (Å²) in [5.41, 5.74) is 0.665. The van der Waals surface area contributed by atoms with Crippen LogP contribution in [0.1, 0.15) is 5.56 Å². The zero-order chi connectivity index (χ0) is 10.7. The van der Waals surface area contributed by atoms with E-state index in [1.165, 1.54) is 29.4 Å². The van der Waals surface area contributed by atoms with E-state index in [1.807, 2.05) is 0 Å². The van der Waals surface area contributed by atoms with Gasteiger partial charge in [0.1, 0.15) is 12.1 Å². The number of aromatic nitrogens is 3. The van der Waals surface area contributed by atoms with Gasteiger partial charge in [-0.05, 0) is 29.9 Å². The van der Waals surface area contributed by atoms with Crippen LogP contribution in [0.3, 0.4) is 0 Å². The maximum atomic E-state index is 12.8. The standard InChI is InChI=1S/C9H7FN4S/c10-8-3-1-2-7(4-8)5-12-14-6-11-13-9(14)15/h1-6H,(H,13,15)/b12-5-. The molecule has 0 saturated carbocycles. The van der Waals surface area contributed by atoms with Crippen molar-refractivity contribution in [2.24, 2.45) is 5.10 Å². The molecule has 1 aromatic carbocycles.